The predicted molar refractivity (Wildman–Crippen MR) is 76.1 cm³/mol. The van der Waals surface area contributed by atoms with Crippen molar-refractivity contribution in [2.24, 2.45) is 0 Å². The van der Waals surface area contributed by atoms with Crippen molar-refractivity contribution in [1.29, 1.82) is 0 Å². The first kappa shape index (κ1) is 14.8. The molecule has 0 spiro atoms. The Morgan fingerprint density at radius 1 is 1.52 bits per heavy atom. The first-order valence-corrected chi connectivity index (χ1v) is 6.55. The largest absolute Gasteiger partial charge is 0.388 e. The van der Waals surface area contributed by atoms with Crippen LogP contribution in [0.5, 0.6) is 0 Å². The molecule has 0 bridgehead atoms. The molecule has 1 saturated heterocycles. The molecule has 1 aromatic rings. The van der Waals surface area contributed by atoms with E-state index in [2.05, 4.69) is 16.0 Å². The van der Waals surface area contributed by atoms with Crippen LogP contribution >= 0.6 is 0 Å². The quantitative estimate of drug-likeness (QED) is 0.544. The summed E-state index contributed by atoms with van der Waals surface area (Å²) in [7, 11) is 1.66. The van der Waals surface area contributed by atoms with E-state index in [4.69, 9.17) is 0 Å². The summed E-state index contributed by atoms with van der Waals surface area (Å²) in [5.41, 5.74) is 0.359. The van der Waals surface area contributed by atoms with E-state index in [0.29, 0.717) is 18.5 Å². The van der Waals surface area contributed by atoms with Gasteiger partial charge in [-0.05, 0) is 18.6 Å². The molecule has 1 unspecified atom stereocenters. The van der Waals surface area contributed by atoms with Crippen molar-refractivity contribution in [2.75, 3.05) is 18.9 Å². The summed E-state index contributed by atoms with van der Waals surface area (Å²) in [4.78, 5) is 33.6. The molecule has 3 N–H and O–H groups in total. The molecule has 1 fully saturated rings. The molecule has 1 heterocycles. The van der Waals surface area contributed by atoms with Gasteiger partial charge < -0.3 is 16.0 Å². The maximum atomic E-state index is 12.1. The number of hydrogen-bond acceptors (Lipinski definition) is 5. The van der Waals surface area contributed by atoms with E-state index in [9.17, 15) is 19.7 Å². The van der Waals surface area contributed by atoms with E-state index in [0.717, 1.165) is 0 Å². The van der Waals surface area contributed by atoms with Gasteiger partial charge in [0.1, 0.15) is 5.56 Å². The van der Waals surface area contributed by atoms with Gasteiger partial charge in [-0.1, -0.05) is 0 Å². The lowest BCUT2D eigenvalue weighted by Crippen LogP contribution is -2.38. The van der Waals surface area contributed by atoms with Crippen LogP contribution < -0.4 is 16.0 Å². The van der Waals surface area contributed by atoms with Crippen molar-refractivity contribution in [3.63, 3.8) is 0 Å². The Balaban J connectivity index is 2.10. The standard InChI is InChI=1S/C13H16N4O4/c1-14-8-2-4-11(17(20)21)10(6-8)13(19)15-7-9-3-5-12(18)16-9/h2,4,6,9,14H,3,5,7H2,1H3,(H,15,19)(H,16,18). The Labute approximate surface area is 121 Å². The number of nitro benzene ring substituents is 1. The van der Waals surface area contributed by atoms with Gasteiger partial charge in [-0.15, -0.1) is 0 Å². The van der Waals surface area contributed by atoms with Crippen LogP contribution in [0.15, 0.2) is 18.2 Å². The first-order chi connectivity index (χ1) is 10.0. The minimum Gasteiger partial charge on any atom is -0.388 e. The summed E-state index contributed by atoms with van der Waals surface area (Å²) in [6.45, 7) is 0.255. The summed E-state index contributed by atoms with van der Waals surface area (Å²) in [5.74, 6) is -0.572. The lowest BCUT2D eigenvalue weighted by Gasteiger charge is -2.12. The van der Waals surface area contributed by atoms with Crippen molar-refractivity contribution >= 4 is 23.2 Å². The topological polar surface area (TPSA) is 113 Å². The molecule has 1 aliphatic rings. The smallest absolute Gasteiger partial charge is 0.282 e. The number of benzene rings is 1. The van der Waals surface area contributed by atoms with E-state index >= 15 is 0 Å². The fourth-order valence-electron chi connectivity index (χ4n) is 2.17. The minimum absolute atomic E-state index is 0.00354. The highest BCUT2D eigenvalue weighted by Gasteiger charge is 2.24. The lowest BCUT2D eigenvalue weighted by molar-refractivity contribution is -0.385. The Morgan fingerprint density at radius 2 is 2.29 bits per heavy atom. The second-order valence-electron chi connectivity index (χ2n) is 4.75. The van der Waals surface area contributed by atoms with Gasteiger partial charge in [0.25, 0.3) is 11.6 Å². The van der Waals surface area contributed by atoms with Crippen molar-refractivity contribution in [2.45, 2.75) is 18.9 Å². The number of nitrogens with one attached hydrogen (secondary N) is 3. The summed E-state index contributed by atoms with van der Waals surface area (Å²) in [6, 6.07) is 4.14. The SMILES string of the molecule is CNc1ccc([N+](=O)[O-])c(C(=O)NCC2CCC(=O)N2)c1. The number of nitro groups is 1. The van der Waals surface area contributed by atoms with E-state index in [1.165, 1.54) is 18.2 Å². The zero-order valence-electron chi connectivity index (χ0n) is 11.5. The molecule has 2 rings (SSSR count). The number of hydrogen-bond donors (Lipinski definition) is 3. The molecule has 0 radical (unpaired) electrons. The van der Waals surface area contributed by atoms with Crippen LogP contribution in [-0.2, 0) is 4.79 Å². The van der Waals surface area contributed by atoms with Crippen molar-refractivity contribution in [1.82, 2.24) is 10.6 Å². The molecule has 1 aliphatic heterocycles. The zero-order valence-corrected chi connectivity index (χ0v) is 11.5. The Hall–Kier alpha value is -2.64. The number of amides is 2. The highest BCUT2D eigenvalue weighted by molar-refractivity contribution is 5.99. The molecule has 2 amide bonds. The van der Waals surface area contributed by atoms with Gasteiger partial charge in [-0.25, -0.2) is 0 Å². The maximum absolute atomic E-state index is 12.1. The second-order valence-corrected chi connectivity index (χ2v) is 4.75. The monoisotopic (exact) mass is 292 g/mol. The van der Waals surface area contributed by atoms with Gasteiger partial charge in [0.05, 0.1) is 4.92 Å². The van der Waals surface area contributed by atoms with Crippen LogP contribution in [0.25, 0.3) is 0 Å². The summed E-state index contributed by atoms with van der Waals surface area (Å²) >= 11 is 0. The minimum atomic E-state index is -0.592. The van der Waals surface area contributed by atoms with Gasteiger partial charge in [0, 0.05) is 37.8 Å². The molecule has 0 aromatic heterocycles. The normalized spacial score (nSPS) is 17.2. The summed E-state index contributed by atoms with van der Waals surface area (Å²) in [6.07, 6.45) is 1.09. The molecular weight excluding hydrogens is 276 g/mol. The van der Waals surface area contributed by atoms with E-state index in [1.54, 1.807) is 7.05 Å². The second kappa shape index (κ2) is 6.21. The van der Waals surface area contributed by atoms with Crippen LogP contribution in [0.2, 0.25) is 0 Å². The van der Waals surface area contributed by atoms with Gasteiger partial charge in [-0.2, -0.15) is 0 Å². The third kappa shape index (κ3) is 3.47. The third-order valence-electron chi connectivity index (χ3n) is 3.32. The fraction of sp³-hybridized carbons (Fsp3) is 0.385. The summed E-state index contributed by atoms with van der Waals surface area (Å²) in [5, 5.41) is 19.2. The third-order valence-corrected chi connectivity index (χ3v) is 3.32. The van der Waals surface area contributed by atoms with Gasteiger partial charge in [0.2, 0.25) is 5.91 Å². The van der Waals surface area contributed by atoms with Crippen LogP contribution in [-0.4, -0.2) is 36.4 Å². The zero-order chi connectivity index (χ0) is 15.4. The molecule has 1 atom stereocenters. The molecule has 112 valence electrons. The predicted octanol–water partition coefficient (Wildman–Crippen LogP) is 0.645. The van der Waals surface area contributed by atoms with Crippen LogP contribution in [0.1, 0.15) is 23.2 Å². The number of rotatable bonds is 5. The molecule has 8 heteroatoms. The molecule has 0 saturated carbocycles. The molecule has 0 aliphatic carbocycles. The lowest BCUT2D eigenvalue weighted by atomic mass is 10.1. The fourth-order valence-corrected chi connectivity index (χ4v) is 2.17. The van der Waals surface area contributed by atoms with Crippen LogP contribution in [0.4, 0.5) is 11.4 Å². The van der Waals surface area contributed by atoms with Gasteiger partial charge in [0.15, 0.2) is 0 Å². The van der Waals surface area contributed by atoms with E-state index in [1.807, 2.05) is 0 Å². The first-order valence-electron chi connectivity index (χ1n) is 6.55. The van der Waals surface area contributed by atoms with Gasteiger partial charge in [-0.3, -0.25) is 19.7 Å². The highest BCUT2D eigenvalue weighted by atomic mass is 16.6. The van der Waals surface area contributed by atoms with E-state index < -0.39 is 10.8 Å². The molecular formula is C13H16N4O4. The average Bonchev–Trinajstić information content (AvgIpc) is 2.89. The van der Waals surface area contributed by atoms with Crippen LogP contribution in [0, 0.1) is 10.1 Å². The van der Waals surface area contributed by atoms with Crippen LogP contribution in [0.3, 0.4) is 0 Å². The molecule has 8 nitrogen and oxygen atoms in total. The Morgan fingerprint density at radius 3 is 2.86 bits per heavy atom. The van der Waals surface area contributed by atoms with Gasteiger partial charge >= 0.3 is 0 Å². The average molecular weight is 292 g/mol. The maximum Gasteiger partial charge on any atom is 0.282 e. The van der Waals surface area contributed by atoms with Crippen molar-refractivity contribution in [3.8, 4) is 0 Å². The Kier molecular flexibility index (Phi) is 4.36. The number of carbonyl (C=O) groups is 2. The van der Waals surface area contributed by atoms with E-state index in [-0.39, 0.29) is 29.7 Å². The number of anilines is 1. The molecule has 21 heavy (non-hydrogen) atoms. The highest BCUT2D eigenvalue weighted by Crippen LogP contribution is 2.22. The Bertz CT molecular complexity index is 588. The van der Waals surface area contributed by atoms with Crippen molar-refractivity contribution in [3.05, 3.63) is 33.9 Å². The number of nitrogens with zero attached hydrogens (tertiary/aromatic N) is 1. The summed E-state index contributed by atoms with van der Waals surface area (Å²) < 4.78 is 0. The van der Waals surface area contributed by atoms with Crippen molar-refractivity contribution < 1.29 is 14.5 Å². The molecule has 1 aromatic carbocycles. The number of carbonyl (C=O) groups excluding carboxylic acids is 2.